The van der Waals surface area contributed by atoms with Crippen LogP contribution < -0.4 is 9.64 Å². The number of amides is 1. The van der Waals surface area contributed by atoms with E-state index in [1.165, 1.54) is 4.90 Å². The third-order valence-electron chi connectivity index (χ3n) is 3.63. The molecule has 0 bridgehead atoms. The number of ether oxygens (including phenoxy) is 1. The molecule has 1 aromatic heterocycles. The van der Waals surface area contributed by atoms with E-state index in [0.29, 0.717) is 17.2 Å². The smallest absolute Gasteiger partial charge is 0.258 e. The molecule has 0 spiro atoms. The monoisotopic (exact) mass is 336 g/mol. The second-order valence-electron chi connectivity index (χ2n) is 5.35. The molecule has 0 fully saturated rings. The first-order chi connectivity index (χ1) is 12.3. The number of benzene rings is 2. The van der Waals surface area contributed by atoms with Gasteiger partial charge in [-0.25, -0.2) is 4.39 Å². The zero-order valence-electron chi connectivity index (χ0n) is 13.5. The molecule has 25 heavy (non-hydrogen) atoms. The van der Waals surface area contributed by atoms with Crippen molar-refractivity contribution in [1.82, 2.24) is 4.98 Å². The lowest BCUT2D eigenvalue weighted by Gasteiger charge is -2.24. The normalized spacial score (nSPS) is 10.3. The molecule has 2 aromatic carbocycles. The summed E-state index contributed by atoms with van der Waals surface area (Å²) in [6, 6.07) is 19.9. The van der Waals surface area contributed by atoms with E-state index in [0.717, 1.165) is 5.56 Å². The second kappa shape index (κ2) is 8.06. The fourth-order valence-corrected chi connectivity index (χ4v) is 2.43. The summed E-state index contributed by atoms with van der Waals surface area (Å²) < 4.78 is 19.0. The van der Waals surface area contributed by atoms with E-state index in [9.17, 15) is 9.18 Å². The summed E-state index contributed by atoms with van der Waals surface area (Å²) in [6.07, 6.45) is 3.28. The van der Waals surface area contributed by atoms with Gasteiger partial charge < -0.3 is 9.64 Å². The van der Waals surface area contributed by atoms with E-state index in [1.54, 1.807) is 42.7 Å². The Morgan fingerprint density at radius 2 is 1.64 bits per heavy atom. The summed E-state index contributed by atoms with van der Waals surface area (Å²) in [5.41, 5.74) is 1.37. The molecule has 0 aliphatic carbocycles. The molecular weight excluding hydrogens is 319 g/mol. The molecule has 126 valence electrons. The Balaban J connectivity index is 1.94. The molecule has 0 aliphatic rings. The molecule has 0 radical (unpaired) electrons. The SMILES string of the molecule is O=C(CF)N(Cc1ccncc1)c1ccccc1Oc1ccccc1. The molecule has 0 saturated heterocycles. The number of para-hydroxylation sites is 3. The van der Waals surface area contributed by atoms with E-state index in [1.807, 2.05) is 36.4 Å². The number of rotatable bonds is 6. The minimum Gasteiger partial charge on any atom is -0.455 e. The Morgan fingerprint density at radius 3 is 2.36 bits per heavy atom. The van der Waals surface area contributed by atoms with Crippen LogP contribution in [0.5, 0.6) is 11.5 Å². The standard InChI is InChI=1S/C20H17FN2O2/c21-14-20(24)23(15-16-10-12-22-13-11-16)18-8-4-5-9-19(18)25-17-6-2-1-3-7-17/h1-13H,14-15H2. The van der Waals surface area contributed by atoms with E-state index in [2.05, 4.69) is 4.98 Å². The van der Waals surface area contributed by atoms with Crippen molar-refractivity contribution in [1.29, 1.82) is 0 Å². The number of halogens is 1. The predicted molar refractivity (Wildman–Crippen MR) is 94.4 cm³/mol. The first-order valence-electron chi connectivity index (χ1n) is 7.85. The second-order valence-corrected chi connectivity index (χ2v) is 5.35. The molecular formula is C20H17FN2O2. The van der Waals surface area contributed by atoms with Crippen molar-refractivity contribution in [3.05, 3.63) is 84.7 Å². The Hall–Kier alpha value is -3.21. The highest BCUT2D eigenvalue weighted by Crippen LogP contribution is 2.33. The largest absolute Gasteiger partial charge is 0.455 e. The van der Waals surface area contributed by atoms with Crippen molar-refractivity contribution >= 4 is 11.6 Å². The molecule has 0 unspecified atom stereocenters. The van der Waals surface area contributed by atoms with Crippen LogP contribution in [0.1, 0.15) is 5.56 Å². The van der Waals surface area contributed by atoms with Crippen LogP contribution in [-0.2, 0) is 11.3 Å². The number of aromatic nitrogens is 1. The Kier molecular flexibility index (Phi) is 5.36. The number of alkyl halides is 1. The van der Waals surface area contributed by atoms with Crippen LogP contribution in [0.25, 0.3) is 0 Å². The third kappa shape index (κ3) is 4.20. The highest BCUT2D eigenvalue weighted by atomic mass is 19.1. The number of nitrogens with zero attached hydrogens (tertiary/aromatic N) is 2. The number of carbonyl (C=O) groups excluding carboxylic acids is 1. The molecule has 4 nitrogen and oxygen atoms in total. The maximum absolute atomic E-state index is 13.1. The molecule has 1 amide bonds. The van der Waals surface area contributed by atoms with Gasteiger partial charge in [0.05, 0.1) is 12.2 Å². The van der Waals surface area contributed by atoms with Crippen molar-refractivity contribution in [3.63, 3.8) is 0 Å². The average Bonchev–Trinajstić information content (AvgIpc) is 2.68. The fraction of sp³-hybridized carbons (Fsp3) is 0.100. The summed E-state index contributed by atoms with van der Waals surface area (Å²) in [5.74, 6) is 0.511. The van der Waals surface area contributed by atoms with Gasteiger partial charge in [0.2, 0.25) is 0 Å². The molecule has 3 rings (SSSR count). The molecule has 5 heteroatoms. The first-order valence-corrected chi connectivity index (χ1v) is 7.85. The highest BCUT2D eigenvalue weighted by Gasteiger charge is 2.20. The van der Waals surface area contributed by atoms with Gasteiger partial charge in [0.25, 0.3) is 5.91 Å². The van der Waals surface area contributed by atoms with Gasteiger partial charge in [-0.05, 0) is 42.0 Å². The van der Waals surface area contributed by atoms with Crippen molar-refractivity contribution in [3.8, 4) is 11.5 Å². The predicted octanol–water partition coefficient (Wildman–Crippen LogP) is 4.38. The van der Waals surface area contributed by atoms with Gasteiger partial charge in [0, 0.05) is 12.4 Å². The number of pyridine rings is 1. The lowest BCUT2D eigenvalue weighted by Crippen LogP contribution is -2.31. The van der Waals surface area contributed by atoms with Crippen LogP contribution in [0.2, 0.25) is 0 Å². The zero-order valence-corrected chi connectivity index (χ0v) is 13.5. The summed E-state index contributed by atoms with van der Waals surface area (Å²) in [7, 11) is 0. The Bertz CT molecular complexity index is 825. The van der Waals surface area contributed by atoms with Crippen LogP contribution in [0.3, 0.4) is 0 Å². The van der Waals surface area contributed by atoms with E-state index >= 15 is 0 Å². The van der Waals surface area contributed by atoms with Crippen molar-refractivity contribution in [2.75, 3.05) is 11.6 Å². The van der Waals surface area contributed by atoms with Gasteiger partial charge in [0.1, 0.15) is 5.75 Å². The first kappa shape index (κ1) is 16.6. The average molecular weight is 336 g/mol. The maximum Gasteiger partial charge on any atom is 0.258 e. The molecule has 0 atom stereocenters. The van der Waals surface area contributed by atoms with Gasteiger partial charge in [-0.2, -0.15) is 0 Å². The summed E-state index contributed by atoms with van der Waals surface area (Å²) in [5, 5.41) is 0. The van der Waals surface area contributed by atoms with Crippen molar-refractivity contribution in [2.45, 2.75) is 6.54 Å². The Morgan fingerprint density at radius 1 is 0.960 bits per heavy atom. The number of hydrogen-bond acceptors (Lipinski definition) is 3. The molecule has 3 aromatic rings. The van der Waals surface area contributed by atoms with Crippen LogP contribution in [0.15, 0.2) is 79.1 Å². The number of carbonyl (C=O) groups is 1. The van der Waals surface area contributed by atoms with Crippen molar-refractivity contribution < 1.29 is 13.9 Å². The molecule has 0 N–H and O–H groups in total. The van der Waals surface area contributed by atoms with E-state index < -0.39 is 12.6 Å². The van der Waals surface area contributed by atoms with E-state index in [-0.39, 0.29) is 6.54 Å². The topological polar surface area (TPSA) is 42.4 Å². The van der Waals surface area contributed by atoms with Crippen LogP contribution in [0, 0.1) is 0 Å². The number of anilines is 1. The van der Waals surface area contributed by atoms with Gasteiger partial charge in [-0.1, -0.05) is 30.3 Å². The summed E-state index contributed by atoms with van der Waals surface area (Å²) in [6.45, 7) is -0.842. The lowest BCUT2D eigenvalue weighted by molar-refractivity contribution is -0.119. The quantitative estimate of drug-likeness (QED) is 0.671. The highest BCUT2D eigenvalue weighted by molar-refractivity contribution is 5.95. The van der Waals surface area contributed by atoms with Gasteiger partial charge >= 0.3 is 0 Å². The van der Waals surface area contributed by atoms with Crippen molar-refractivity contribution in [2.24, 2.45) is 0 Å². The number of hydrogen-bond donors (Lipinski definition) is 0. The third-order valence-corrected chi connectivity index (χ3v) is 3.63. The molecule has 0 saturated carbocycles. The fourth-order valence-electron chi connectivity index (χ4n) is 2.43. The maximum atomic E-state index is 13.1. The van der Waals surface area contributed by atoms with Gasteiger partial charge in [0.15, 0.2) is 12.4 Å². The minimum absolute atomic E-state index is 0.237. The summed E-state index contributed by atoms with van der Waals surface area (Å²) >= 11 is 0. The van der Waals surface area contributed by atoms with Crippen LogP contribution >= 0.6 is 0 Å². The zero-order chi connectivity index (χ0) is 17.5. The summed E-state index contributed by atoms with van der Waals surface area (Å²) in [4.78, 5) is 17.5. The van der Waals surface area contributed by atoms with Gasteiger partial charge in [-0.15, -0.1) is 0 Å². The lowest BCUT2D eigenvalue weighted by atomic mass is 10.2. The van der Waals surface area contributed by atoms with Gasteiger partial charge in [-0.3, -0.25) is 9.78 Å². The van der Waals surface area contributed by atoms with Crippen LogP contribution in [0.4, 0.5) is 10.1 Å². The molecule has 0 aliphatic heterocycles. The Labute approximate surface area is 145 Å². The minimum atomic E-state index is -1.08. The van der Waals surface area contributed by atoms with Crippen LogP contribution in [-0.4, -0.2) is 17.6 Å². The molecule has 1 heterocycles. The van der Waals surface area contributed by atoms with E-state index in [4.69, 9.17) is 4.74 Å².